The van der Waals surface area contributed by atoms with E-state index in [9.17, 15) is 9.59 Å². The number of benzene rings is 3. The average Bonchev–Trinajstić information content (AvgIpc) is 3.25. The zero-order valence-corrected chi connectivity index (χ0v) is 18.3. The van der Waals surface area contributed by atoms with E-state index in [4.69, 9.17) is 16.3 Å². The molecule has 0 aliphatic heterocycles. The number of nitrogens with zero attached hydrogens (tertiary/aromatic N) is 3. The lowest BCUT2D eigenvalue weighted by molar-refractivity contribution is 0.0462. The first-order chi connectivity index (χ1) is 15.4. The van der Waals surface area contributed by atoms with Gasteiger partial charge in [-0.15, -0.1) is 5.10 Å². The minimum Gasteiger partial charge on any atom is -0.451 e. The van der Waals surface area contributed by atoms with Crippen molar-refractivity contribution < 1.29 is 14.3 Å². The van der Waals surface area contributed by atoms with E-state index in [2.05, 4.69) is 10.1 Å². The number of aromatic nitrogens is 3. The fraction of sp³-hybridized carbons (Fsp3) is 0.120. The summed E-state index contributed by atoms with van der Waals surface area (Å²) in [4.78, 5) is 29.4. The molecule has 4 rings (SSSR count). The number of ether oxygens (including phenoxy) is 1. The summed E-state index contributed by atoms with van der Waals surface area (Å²) in [5, 5.41) is 4.93. The molecule has 0 N–H and O–H groups in total. The average molecular weight is 446 g/mol. The molecular formula is C25H20ClN3O3. The van der Waals surface area contributed by atoms with Gasteiger partial charge in [0.15, 0.2) is 18.2 Å². The largest absolute Gasteiger partial charge is 0.451 e. The highest BCUT2D eigenvalue weighted by Gasteiger charge is 2.22. The van der Waals surface area contributed by atoms with Gasteiger partial charge in [0.05, 0.1) is 5.69 Å². The molecule has 4 aromatic rings. The summed E-state index contributed by atoms with van der Waals surface area (Å²) in [5.41, 5.74) is 3.94. The third-order valence-electron chi connectivity index (χ3n) is 4.93. The van der Waals surface area contributed by atoms with Gasteiger partial charge in [0.25, 0.3) is 5.82 Å². The van der Waals surface area contributed by atoms with Crippen LogP contribution in [0.2, 0.25) is 5.02 Å². The van der Waals surface area contributed by atoms with Gasteiger partial charge in [-0.2, -0.15) is 0 Å². The summed E-state index contributed by atoms with van der Waals surface area (Å²) in [6, 6.07) is 21.8. The van der Waals surface area contributed by atoms with Gasteiger partial charge >= 0.3 is 5.97 Å². The van der Waals surface area contributed by atoms with Crippen molar-refractivity contribution in [2.45, 2.75) is 13.8 Å². The Bertz CT molecular complexity index is 1280. The first kappa shape index (κ1) is 21.5. The zero-order valence-electron chi connectivity index (χ0n) is 17.6. The van der Waals surface area contributed by atoms with Gasteiger partial charge in [-0.05, 0) is 31.5 Å². The molecule has 0 amide bonds. The Morgan fingerprint density at radius 2 is 1.69 bits per heavy atom. The lowest BCUT2D eigenvalue weighted by Crippen LogP contribution is -2.15. The second-order valence-electron chi connectivity index (χ2n) is 7.33. The number of Topliss-reactive ketones (excluding diaryl/α,β-unsaturated/α-hetero) is 1. The molecule has 160 valence electrons. The van der Waals surface area contributed by atoms with Crippen LogP contribution in [0.15, 0.2) is 72.8 Å². The highest BCUT2D eigenvalue weighted by Crippen LogP contribution is 2.26. The standard InChI is InChI=1S/C25H20ClN3O3/c1-16-8-11-19(12-9-16)24-27-23(28-29(24)21-14-20(26)13-10-17(21)2)25(31)32-15-22(30)18-6-4-3-5-7-18/h3-14H,15H2,1-2H3. The van der Waals surface area contributed by atoms with Crippen molar-refractivity contribution in [1.82, 2.24) is 14.8 Å². The van der Waals surface area contributed by atoms with Crippen LogP contribution in [0.5, 0.6) is 0 Å². The maximum absolute atomic E-state index is 12.7. The van der Waals surface area contributed by atoms with Crippen LogP contribution in [-0.2, 0) is 4.74 Å². The van der Waals surface area contributed by atoms with E-state index in [1.165, 1.54) is 0 Å². The summed E-state index contributed by atoms with van der Waals surface area (Å²) in [5.74, 6) is -0.749. The minimum absolute atomic E-state index is 0.138. The lowest BCUT2D eigenvalue weighted by Gasteiger charge is -2.09. The number of rotatable bonds is 6. The Morgan fingerprint density at radius 3 is 2.41 bits per heavy atom. The predicted molar refractivity (Wildman–Crippen MR) is 122 cm³/mol. The highest BCUT2D eigenvalue weighted by molar-refractivity contribution is 6.30. The molecule has 7 heteroatoms. The van der Waals surface area contributed by atoms with Crippen LogP contribution in [0, 0.1) is 13.8 Å². The van der Waals surface area contributed by atoms with Gasteiger partial charge in [-0.1, -0.05) is 77.8 Å². The van der Waals surface area contributed by atoms with Gasteiger partial charge in [-0.25, -0.2) is 14.5 Å². The van der Waals surface area contributed by atoms with Crippen LogP contribution in [0.4, 0.5) is 0 Å². The third-order valence-corrected chi connectivity index (χ3v) is 5.16. The molecule has 0 unspecified atom stereocenters. The molecule has 0 fully saturated rings. The first-order valence-corrected chi connectivity index (χ1v) is 10.4. The number of ketones is 1. The maximum atomic E-state index is 12.7. The molecule has 0 bridgehead atoms. The number of carbonyl (C=O) groups excluding carboxylic acids is 2. The molecule has 0 spiro atoms. The van der Waals surface area contributed by atoms with Gasteiger partial charge in [0, 0.05) is 16.1 Å². The predicted octanol–water partition coefficient (Wildman–Crippen LogP) is 5.24. The maximum Gasteiger partial charge on any atom is 0.378 e. The molecule has 0 saturated heterocycles. The van der Waals surface area contributed by atoms with Crippen LogP contribution >= 0.6 is 11.6 Å². The van der Waals surface area contributed by atoms with Crippen molar-refractivity contribution >= 4 is 23.4 Å². The number of aryl methyl sites for hydroxylation is 2. The Labute approximate surface area is 190 Å². The molecule has 32 heavy (non-hydrogen) atoms. The topological polar surface area (TPSA) is 74.1 Å². The second kappa shape index (κ2) is 9.16. The van der Waals surface area contributed by atoms with Crippen molar-refractivity contribution in [3.63, 3.8) is 0 Å². The third kappa shape index (κ3) is 4.60. The van der Waals surface area contributed by atoms with Crippen LogP contribution in [0.25, 0.3) is 17.1 Å². The summed E-state index contributed by atoms with van der Waals surface area (Å²) >= 11 is 6.21. The molecule has 0 aliphatic carbocycles. The molecule has 6 nitrogen and oxygen atoms in total. The Morgan fingerprint density at radius 1 is 0.969 bits per heavy atom. The van der Waals surface area contributed by atoms with Crippen molar-refractivity contribution in [2.75, 3.05) is 6.61 Å². The number of carbonyl (C=O) groups is 2. The summed E-state index contributed by atoms with van der Waals surface area (Å²) in [7, 11) is 0. The Kier molecular flexibility index (Phi) is 6.14. The minimum atomic E-state index is -0.777. The van der Waals surface area contributed by atoms with E-state index < -0.39 is 12.6 Å². The first-order valence-electron chi connectivity index (χ1n) is 9.98. The van der Waals surface area contributed by atoms with E-state index >= 15 is 0 Å². The normalized spacial score (nSPS) is 10.7. The Balaban J connectivity index is 1.67. The number of hydrogen-bond donors (Lipinski definition) is 0. The van der Waals surface area contributed by atoms with Crippen molar-refractivity contribution in [2.24, 2.45) is 0 Å². The molecule has 0 aliphatic rings. The molecule has 1 heterocycles. The van der Waals surface area contributed by atoms with Crippen molar-refractivity contribution in [1.29, 1.82) is 0 Å². The highest BCUT2D eigenvalue weighted by atomic mass is 35.5. The molecule has 0 saturated carbocycles. The van der Waals surface area contributed by atoms with E-state index in [1.807, 2.05) is 50.2 Å². The van der Waals surface area contributed by atoms with Crippen LogP contribution < -0.4 is 0 Å². The SMILES string of the molecule is Cc1ccc(-c2nc(C(=O)OCC(=O)c3ccccc3)nn2-c2cc(Cl)ccc2C)cc1. The van der Waals surface area contributed by atoms with Crippen molar-refractivity contribution in [3.05, 3.63) is 100 Å². The van der Waals surface area contributed by atoms with Gasteiger partial charge < -0.3 is 4.74 Å². The fourth-order valence-electron chi connectivity index (χ4n) is 3.17. The lowest BCUT2D eigenvalue weighted by atomic mass is 10.1. The van der Waals surface area contributed by atoms with E-state index in [0.717, 1.165) is 16.7 Å². The summed E-state index contributed by atoms with van der Waals surface area (Å²) in [6.45, 7) is 3.51. The van der Waals surface area contributed by atoms with Gasteiger partial charge in [0.1, 0.15) is 0 Å². The number of halogens is 1. The monoisotopic (exact) mass is 445 g/mol. The molecular weight excluding hydrogens is 426 g/mol. The van der Waals surface area contributed by atoms with Crippen LogP contribution in [0.1, 0.15) is 32.1 Å². The molecule has 0 atom stereocenters. The summed E-state index contributed by atoms with van der Waals surface area (Å²) < 4.78 is 6.78. The van der Waals surface area contributed by atoms with E-state index in [1.54, 1.807) is 41.1 Å². The molecule has 0 radical (unpaired) electrons. The second-order valence-corrected chi connectivity index (χ2v) is 7.77. The molecule has 3 aromatic carbocycles. The van der Waals surface area contributed by atoms with Gasteiger partial charge in [0.2, 0.25) is 0 Å². The van der Waals surface area contributed by atoms with Crippen LogP contribution in [0.3, 0.4) is 0 Å². The number of hydrogen-bond acceptors (Lipinski definition) is 5. The van der Waals surface area contributed by atoms with E-state index in [-0.39, 0.29) is 11.6 Å². The Hall–Kier alpha value is -3.77. The zero-order chi connectivity index (χ0) is 22.7. The van der Waals surface area contributed by atoms with E-state index in [0.29, 0.717) is 22.1 Å². The van der Waals surface area contributed by atoms with Crippen LogP contribution in [-0.4, -0.2) is 33.1 Å². The quantitative estimate of drug-likeness (QED) is 0.299. The van der Waals surface area contributed by atoms with Crippen molar-refractivity contribution in [3.8, 4) is 17.1 Å². The number of esters is 1. The summed E-state index contributed by atoms with van der Waals surface area (Å²) in [6.07, 6.45) is 0. The molecule has 1 aromatic heterocycles. The smallest absolute Gasteiger partial charge is 0.378 e. The van der Waals surface area contributed by atoms with Gasteiger partial charge in [-0.3, -0.25) is 4.79 Å². The fourth-order valence-corrected chi connectivity index (χ4v) is 3.34.